The molecule has 0 saturated carbocycles. The molecule has 15 nitrogen and oxygen atoms in total. The SMILES string of the molecule is CCC(C)C(NC(=O)C(N)Cc1ccc(O)cc1)C(=O)NC(C(=O)NCC(=O)NC(Cc1ccccc1)C(=O)NC(CCCCN)C(=O)O)C(C)C. The smallest absolute Gasteiger partial charge is 0.326 e. The van der Waals surface area contributed by atoms with Crippen molar-refractivity contribution in [2.45, 2.75) is 96.4 Å². The van der Waals surface area contributed by atoms with Crippen LogP contribution in [0.1, 0.15) is 64.5 Å². The van der Waals surface area contributed by atoms with Crippen molar-refractivity contribution in [3.8, 4) is 5.75 Å². The first kappa shape index (κ1) is 43.1. The molecular formula is C37H55N7O8. The van der Waals surface area contributed by atoms with Crippen LogP contribution in [0.5, 0.6) is 5.75 Å². The summed E-state index contributed by atoms with van der Waals surface area (Å²) in [5.74, 6) is -5.09. The Labute approximate surface area is 305 Å². The Morgan fingerprint density at radius 1 is 0.712 bits per heavy atom. The lowest BCUT2D eigenvalue weighted by atomic mass is 9.95. The van der Waals surface area contributed by atoms with E-state index in [4.69, 9.17) is 11.5 Å². The van der Waals surface area contributed by atoms with Crippen LogP contribution in [0.2, 0.25) is 0 Å². The van der Waals surface area contributed by atoms with Gasteiger partial charge in [0.15, 0.2) is 0 Å². The van der Waals surface area contributed by atoms with Crippen molar-refractivity contribution < 1.29 is 39.0 Å². The summed E-state index contributed by atoms with van der Waals surface area (Å²) in [6, 6.07) is 9.71. The number of phenols is 1. The fourth-order valence-corrected chi connectivity index (χ4v) is 5.32. The second kappa shape index (κ2) is 22.0. The number of carboxylic acids is 1. The molecular weight excluding hydrogens is 670 g/mol. The Morgan fingerprint density at radius 2 is 1.33 bits per heavy atom. The molecule has 2 aromatic rings. The van der Waals surface area contributed by atoms with E-state index in [9.17, 15) is 39.0 Å². The minimum absolute atomic E-state index is 0.0630. The van der Waals surface area contributed by atoms with Gasteiger partial charge in [-0.2, -0.15) is 0 Å². The van der Waals surface area contributed by atoms with E-state index in [2.05, 4.69) is 26.6 Å². The number of aliphatic carboxylic acids is 1. The van der Waals surface area contributed by atoms with Crippen molar-refractivity contribution in [1.82, 2.24) is 26.6 Å². The van der Waals surface area contributed by atoms with Crippen LogP contribution in [0.3, 0.4) is 0 Å². The summed E-state index contributed by atoms with van der Waals surface area (Å²) < 4.78 is 0. The van der Waals surface area contributed by atoms with Crippen LogP contribution in [-0.4, -0.2) is 89.0 Å². The summed E-state index contributed by atoms with van der Waals surface area (Å²) in [6.45, 7) is 6.91. The maximum absolute atomic E-state index is 13.5. The molecule has 0 saturated heterocycles. The van der Waals surface area contributed by atoms with Gasteiger partial charge in [-0.25, -0.2) is 4.79 Å². The normalized spacial score (nSPS) is 14.5. The third-order valence-electron chi connectivity index (χ3n) is 8.69. The molecule has 0 fully saturated rings. The number of aromatic hydroxyl groups is 1. The fourth-order valence-electron chi connectivity index (χ4n) is 5.32. The summed E-state index contributed by atoms with van der Waals surface area (Å²) in [7, 11) is 0. The number of amides is 5. The molecule has 2 aromatic carbocycles. The van der Waals surface area contributed by atoms with Crippen LogP contribution in [-0.2, 0) is 41.6 Å². The average molecular weight is 726 g/mol. The maximum Gasteiger partial charge on any atom is 0.326 e. The van der Waals surface area contributed by atoms with E-state index in [0.29, 0.717) is 31.4 Å². The minimum atomic E-state index is -1.21. The van der Waals surface area contributed by atoms with Crippen molar-refractivity contribution in [3.63, 3.8) is 0 Å². The number of nitrogens with two attached hydrogens (primary N) is 2. The van der Waals surface area contributed by atoms with E-state index < -0.39 is 78.2 Å². The fraction of sp³-hybridized carbons (Fsp3) is 0.514. The van der Waals surface area contributed by atoms with Gasteiger partial charge in [0, 0.05) is 6.42 Å². The zero-order chi connectivity index (χ0) is 38.8. The number of hydrogen-bond acceptors (Lipinski definition) is 9. The van der Waals surface area contributed by atoms with Gasteiger partial charge in [-0.1, -0.05) is 76.6 Å². The number of carboxylic acid groups (broad SMARTS) is 1. The summed E-state index contributed by atoms with van der Waals surface area (Å²) in [5, 5.41) is 32.2. The van der Waals surface area contributed by atoms with Gasteiger partial charge in [-0.3, -0.25) is 24.0 Å². The Morgan fingerprint density at radius 3 is 1.90 bits per heavy atom. The molecule has 0 aliphatic rings. The lowest BCUT2D eigenvalue weighted by Crippen LogP contribution is -2.59. The number of carbonyl (C=O) groups excluding carboxylic acids is 5. The number of benzene rings is 2. The molecule has 0 heterocycles. The van der Waals surface area contributed by atoms with E-state index >= 15 is 0 Å². The minimum Gasteiger partial charge on any atom is -0.508 e. The number of carbonyl (C=O) groups is 6. The second-order valence-corrected chi connectivity index (χ2v) is 13.3. The van der Waals surface area contributed by atoms with Gasteiger partial charge in [-0.05, 0) is 67.3 Å². The van der Waals surface area contributed by atoms with Crippen molar-refractivity contribution in [2.75, 3.05) is 13.1 Å². The average Bonchev–Trinajstić information content (AvgIpc) is 3.11. The van der Waals surface area contributed by atoms with E-state index in [0.717, 1.165) is 5.56 Å². The molecule has 52 heavy (non-hydrogen) atoms. The van der Waals surface area contributed by atoms with Crippen molar-refractivity contribution >= 4 is 35.5 Å². The Bertz CT molecular complexity index is 1470. The highest BCUT2D eigenvalue weighted by Gasteiger charge is 2.33. The lowest BCUT2D eigenvalue weighted by molar-refractivity contribution is -0.142. The molecule has 2 rings (SSSR count). The van der Waals surface area contributed by atoms with E-state index in [1.54, 1.807) is 63.2 Å². The number of rotatable bonds is 22. The number of nitrogens with one attached hydrogen (secondary N) is 5. The monoisotopic (exact) mass is 725 g/mol. The molecule has 15 heteroatoms. The zero-order valence-corrected chi connectivity index (χ0v) is 30.4. The standard InChI is InChI=1S/C37H55N7O8/c1-5-23(4)32(44-33(47)27(39)19-25-14-16-26(45)17-15-25)36(50)43-31(22(2)3)35(49)40-21-30(46)41-29(20-24-11-7-6-8-12-24)34(48)42-28(37(51)52)13-9-10-18-38/h6-8,11-12,14-17,22-23,27-29,31-32,45H,5,9-10,13,18-21,38-39H2,1-4H3,(H,40,49)(H,41,46)(H,42,48)(H,43,50)(H,44,47)(H,51,52). The van der Waals surface area contributed by atoms with Crippen molar-refractivity contribution in [1.29, 1.82) is 0 Å². The second-order valence-electron chi connectivity index (χ2n) is 13.3. The molecule has 0 aliphatic carbocycles. The van der Waals surface area contributed by atoms with Crippen LogP contribution < -0.4 is 38.1 Å². The highest BCUT2D eigenvalue weighted by atomic mass is 16.4. The zero-order valence-electron chi connectivity index (χ0n) is 30.4. The van der Waals surface area contributed by atoms with Gasteiger partial charge in [0.2, 0.25) is 29.5 Å². The Balaban J connectivity index is 2.09. The summed E-state index contributed by atoms with van der Waals surface area (Å²) >= 11 is 0. The lowest BCUT2D eigenvalue weighted by Gasteiger charge is -2.28. The maximum atomic E-state index is 13.5. The van der Waals surface area contributed by atoms with Gasteiger partial charge in [0.25, 0.3) is 0 Å². The highest BCUT2D eigenvalue weighted by Crippen LogP contribution is 2.13. The predicted octanol–water partition coefficient (Wildman–Crippen LogP) is 0.476. The predicted molar refractivity (Wildman–Crippen MR) is 195 cm³/mol. The summed E-state index contributed by atoms with van der Waals surface area (Å²) in [4.78, 5) is 78.0. The quantitative estimate of drug-likeness (QED) is 0.0759. The van der Waals surface area contributed by atoms with Crippen molar-refractivity contribution in [2.24, 2.45) is 23.3 Å². The van der Waals surface area contributed by atoms with Gasteiger partial charge in [-0.15, -0.1) is 0 Å². The number of phenolic OH excluding ortho intramolecular Hbond substituents is 1. The molecule has 286 valence electrons. The van der Waals surface area contributed by atoms with Crippen LogP contribution in [0.15, 0.2) is 54.6 Å². The topological polar surface area (TPSA) is 255 Å². The third kappa shape index (κ3) is 14.7. The molecule has 0 bridgehead atoms. The van der Waals surface area contributed by atoms with Crippen LogP contribution in [0, 0.1) is 11.8 Å². The van der Waals surface area contributed by atoms with Gasteiger partial charge in [0.1, 0.15) is 29.9 Å². The van der Waals surface area contributed by atoms with E-state index in [1.165, 1.54) is 12.1 Å². The Kier molecular flexibility index (Phi) is 18.3. The Hall–Kier alpha value is -5.02. The molecule has 6 unspecified atom stereocenters. The van der Waals surface area contributed by atoms with Gasteiger partial charge in [0.05, 0.1) is 12.6 Å². The molecule has 0 aliphatic heterocycles. The van der Waals surface area contributed by atoms with Crippen LogP contribution in [0.25, 0.3) is 0 Å². The number of unbranched alkanes of at least 4 members (excludes halogenated alkanes) is 1. The van der Waals surface area contributed by atoms with E-state index in [1.807, 2.05) is 6.92 Å². The largest absolute Gasteiger partial charge is 0.508 e. The molecule has 0 aromatic heterocycles. The first-order valence-electron chi connectivity index (χ1n) is 17.6. The first-order chi connectivity index (χ1) is 24.7. The molecule has 6 atom stereocenters. The van der Waals surface area contributed by atoms with Crippen LogP contribution in [0.4, 0.5) is 0 Å². The van der Waals surface area contributed by atoms with Crippen molar-refractivity contribution in [3.05, 3.63) is 65.7 Å². The third-order valence-corrected chi connectivity index (χ3v) is 8.69. The van der Waals surface area contributed by atoms with E-state index in [-0.39, 0.29) is 30.9 Å². The highest BCUT2D eigenvalue weighted by molar-refractivity contribution is 5.95. The molecule has 0 spiro atoms. The molecule has 0 radical (unpaired) electrons. The molecule has 5 amide bonds. The summed E-state index contributed by atoms with van der Waals surface area (Å²) in [5.41, 5.74) is 13.1. The molecule has 11 N–H and O–H groups in total. The van der Waals surface area contributed by atoms with Gasteiger partial charge >= 0.3 is 5.97 Å². The number of hydrogen-bond donors (Lipinski definition) is 9. The van der Waals surface area contributed by atoms with Gasteiger partial charge < -0.3 is 48.3 Å². The summed E-state index contributed by atoms with van der Waals surface area (Å²) in [6.07, 6.45) is 2.00. The first-order valence-corrected chi connectivity index (χ1v) is 17.6. The van der Waals surface area contributed by atoms with Crippen LogP contribution >= 0.6 is 0 Å².